The Balaban J connectivity index is 0.00000180. The van der Waals surface area contributed by atoms with Crippen molar-refractivity contribution in [3.63, 3.8) is 0 Å². The molecule has 6 heteroatoms. The zero-order valence-electron chi connectivity index (χ0n) is 11.7. The summed E-state index contributed by atoms with van der Waals surface area (Å²) in [6.07, 6.45) is 3.69. The number of imidazole rings is 1. The maximum absolute atomic E-state index is 11.4. The summed E-state index contributed by atoms with van der Waals surface area (Å²) in [5.74, 6) is 0.243. The number of hydrogen-bond donors (Lipinski definition) is 0. The van der Waals surface area contributed by atoms with Gasteiger partial charge in [0.25, 0.3) is 0 Å². The molecule has 0 unspecified atom stereocenters. The number of rotatable bonds is 4. The van der Waals surface area contributed by atoms with Gasteiger partial charge in [-0.25, -0.2) is 4.98 Å². The molecule has 1 aromatic rings. The molecule has 1 fully saturated rings. The van der Waals surface area contributed by atoms with Gasteiger partial charge in [-0.15, -0.1) is 5.92 Å². The second-order valence-corrected chi connectivity index (χ2v) is 4.71. The molecule has 1 aromatic heterocycles. The second-order valence-electron chi connectivity index (χ2n) is 4.71. The molecule has 1 saturated heterocycles. The van der Waals surface area contributed by atoms with Gasteiger partial charge in [0.15, 0.2) is 5.78 Å². The third-order valence-electron chi connectivity index (χ3n) is 3.26. The van der Waals surface area contributed by atoms with Gasteiger partial charge in [-0.1, -0.05) is 6.92 Å². The standard InChI is InChI=1S/C13H19N2O3.U/c1-8-5-11(6-17-4)18-13(8)15-7-14-12(9(15)2)10(3)16;/h5,7-8,11,13H,6H2,1-4H3;/q-1;/t8-,11+,13-;/m1./s1. The zero-order valence-corrected chi connectivity index (χ0v) is 15.9. The van der Waals surface area contributed by atoms with Gasteiger partial charge < -0.3 is 14.0 Å². The number of carbonyl (C=O) groups excluding carboxylic acids is 1. The van der Waals surface area contributed by atoms with Crippen LogP contribution in [0.4, 0.5) is 0 Å². The van der Waals surface area contributed by atoms with Crippen LogP contribution in [0.3, 0.4) is 0 Å². The van der Waals surface area contributed by atoms with Crippen LogP contribution >= 0.6 is 0 Å². The van der Waals surface area contributed by atoms with Gasteiger partial charge in [0.05, 0.1) is 6.33 Å². The van der Waals surface area contributed by atoms with Crippen LogP contribution in [0.5, 0.6) is 0 Å². The normalized spacial score (nSPS) is 26.2. The molecule has 3 atom stereocenters. The Kier molecular flexibility index (Phi) is 6.26. The number of ether oxygens (including phenoxy) is 2. The van der Waals surface area contributed by atoms with E-state index < -0.39 is 0 Å². The quantitative estimate of drug-likeness (QED) is 0.478. The first-order valence-corrected chi connectivity index (χ1v) is 6.08. The first-order valence-electron chi connectivity index (χ1n) is 6.08. The number of methoxy groups -OCH3 is 1. The van der Waals surface area contributed by atoms with E-state index in [-0.39, 0.29) is 55.1 Å². The van der Waals surface area contributed by atoms with Crippen molar-refractivity contribution in [1.82, 2.24) is 9.55 Å². The van der Waals surface area contributed by atoms with E-state index in [0.29, 0.717) is 12.3 Å². The molecular weight excluding hydrogens is 470 g/mol. The molecule has 2 rings (SSSR count). The smallest absolute Gasteiger partial charge is 0.179 e. The zero-order chi connectivity index (χ0) is 13.3. The van der Waals surface area contributed by atoms with Crippen LogP contribution in [0.25, 0.3) is 0 Å². The first kappa shape index (κ1) is 16.9. The number of aromatic nitrogens is 2. The summed E-state index contributed by atoms with van der Waals surface area (Å²) in [5.41, 5.74) is 1.37. The molecule has 0 saturated carbocycles. The monoisotopic (exact) mass is 489 g/mol. The average molecular weight is 489 g/mol. The molecule has 0 aromatic carbocycles. The van der Waals surface area contributed by atoms with Crippen molar-refractivity contribution in [2.75, 3.05) is 13.7 Å². The van der Waals surface area contributed by atoms with E-state index in [1.54, 1.807) is 13.4 Å². The Hall–Kier alpha value is -0.148. The van der Waals surface area contributed by atoms with Gasteiger partial charge >= 0.3 is 0 Å². The van der Waals surface area contributed by atoms with E-state index in [0.717, 1.165) is 5.69 Å². The van der Waals surface area contributed by atoms with E-state index in [9.17, 15) is 4.79 Å². The maximum Gasteiger partial charge on any atom is 0.179 e. The largest absolute Gasteiger partial charge is 0.387 e. The summed E-state index contributed by atoms with van der Waals surface area (Å²) in [4.78, 5) is 15.6. The van der Waals surface area contributed by atoms with Gasteiger partial charge in [0.2, 0.25) is 0 Å². The van der Waals surface area contributed by atoms with Crippen LogP contribution in [0.1, 0.15) is 36.3 Å². The number of Topliss-reactive ketones (excluding diaryl/α,β-unsaturated/α-hetero) is 1. The molecule has 1 aliphatic rings. The Morgan fingerprint density at radius 2 is 2.32 bits per heavy atom. The van der Waals surface area contributed by atoms with Crippen molar-refractivity contribution in [3.8, 4) is 0 Å². The molecular formula is C13H19N2O3U-. The van der Waals surface area contributed by atoms with E-state index in [2.05, 4.69) is 18.3 Å². The van der Waals surface area contributed by atoms with Crippen molar-refractivity contribution < 1.29 is 45.4 Å². The molecule has 104 valence electrons. The van der Waals surface area contributed by atoms with Gasteiger partial charge in [0.1, 0.15) is 11.9 Å². The van der Waals surface area contributed by atoms with E-state index in [1.807, 2.05) is 11.5 Å². The van der Waals surface area contributed by atoms with Crippen molar-refractivity contribution in [2.24, 2.45) is 5.92 Å². The van der Waals surface area contributed by atoms with Crippen molar-refractivity contribution in [1.29, 1.82) is 0 Å². The summed E-state index contributed by atoms with van der Waals surface area (Å²) < 4.78 is 12.9. The maximum atomic E-state index is 11.4. The predicted octanol–water partition coefficient (Wildman–Crippen LogP) is 1.78. The van der Waals surface area contributed by atoms with Crippen molar-refractivity contribution in [2.45, 2.75) is 33.1 Å². The second kappa shape index (κ2) is 7.03. The Bertz CT molecular complexity index is 447. The molecule has 0 radical (unpaired) electrons. The minimum atomic E-state index is -0.106. The molecule has 0 amide bonds. The Labute approximate surface area is 137 Å². The number of carbonyl (C=O) groups is 1. The van der Waals surface area contributed by atoms with Crippen LogP contribution in [-0.2, 0) is 9.47 Å². The number of ketones is 1. The molecule has 0 N–H and O–H groups in total. The van der Waals surface area contributed by atoms with E-state index >= 15 is 0 Å². The fourth-order valence-electron chi connectivity index (χ4n) is 2.38. The minimum Gasteiger partial charge on any atom is -0.387 e. The van der Waals surface area contributed by atoms with Crippen molar-refractivity contribution >= 4 is 5.78 Å². The molecule has 0 bridgehead atoms. The Morgan fingerprint density at radius 1 is 1.63 bits per heavy atom. The third-order valence-corrected chi connectivity index (χ3v) is 3.26. The Morgan fingerprint density at radius 3 is 2.84 bits per heavy atom. The molecule has 5 nitrogen and oxygen atoms in total. The van der Waals surface area contributed by atoms with E-state index in [4.69, 9.17) is 9.47 Å². The summed E-state index contributed by atoms with van der Waals surface area (Å²) in [7, 11) is 1.66. The van der Waals surface area contributed by atoms with Crippen LogP contribution in [-0.4, -0.2) is 35.2 Å². The summed E-state index contributed by atoms with van der Waals surface area (Å²) >= 11 is 0. The SMILES string of the molecule is COC[C@@H]1[CH-][C@@H](C)[C@H](n2cnc(C(C)=O)c2C)O1.[U]. The number of nitrogens with zero attached hydrogens (tertiary/aromatic N) is 2. The molecule has 0 spiro atoms. The minimum absolute atomic E-state index is 0. The van der Waals surface area contributed by atoms with Crippen LogP contribution in [0.15, 0.2) is 6.33 Å². The summed E-state index contributed by atoms with van der Waals surface area (Å²) in [5, 5.41) is 0. The first-order chi connectivity index (χ1) is 8.54. The topological polar surface area (TPSA) is 53.4 Å². The molecule has 0 aliphatic carbocycles. The molecule has 2 heterocycles. The van der Waals surface area contributed by atoms with Crippen LogP contribution in [0, 0.1) is 50.4 Å². The average Bonchev–Trinajstić information content (AvgIpc) is 2.83. The summed E-state index contributed by atoms with van der Waals surface area (Å²) in [6.45, 7) is 6.06. The van der Waals surface area contributed by atoms with Crippen LogP contribution in [0.2, 0.25) is 0 Å². The fraction of sp³-hybridized carbons (Fsp3) is 0.615. The van der Waals surface area contributed by atoms with Gasteiger partial charge in [-0.05, 0) is 13.0 Å². The van der Waals surface area contributed by atoms with Crippen LogP contribution < -0.4 is 0 Å². The van der Waals surface area contributed by atoms with E-state index in [1.165, 1.54) is 6.92 Å². The predicted molar refractivity (Wildman–Crippen MR) is 66.2 cm³/mol. The van der Waals surface area contributed by atoms with Gasteiger partial charge in [-0.3, -0.25) is 11.2 Å². The fourth-order valence-corrected chi connectivity index (χ4v) is 2.38. The molecule has 19 heavy (non-hydrogen) atoms. The van der Waals surface area contributed by atoms with Crippen molar-refractivity contribution in [3.05, 3.63) is 24.1 Å². The van der Waals surface area contributed by atoms with Gasteiger partial charge in [0, 0.05) is 57.4 Å². The molecule has 1 aliphatic heterocycles. The number of hydrogen-bond acceptors (Lipinski definition) is 4. The third kappa shape index (κ3) is 3.49. The summed E-state index contributed by atoms with van der Waals surface area (Å²) in [6, 6.07) is 0. The van der Waals surface area contributed by atoms with Gasteiger partial charge in [-0.2, -0.15) is 0 Å².